The van der Waals surface area contributed by atoms with Crippen molar-refractivity contribution in [2.24, 2.45) is 11.8 Å². The van der Waals surface area contributed by atoms with Gasteiger partial charge in [-0.15, -0.1) is 0 Å². The standard InChI is InChI=1S/C17H21N3O3/c21-15(19-11-12-5-8-18-9-6-12)7-10-20-16(22)13-3-1-2-4-14(13)17(20)23/h5-6,8-9,13-14H,1-4,7,10-11H2,(H,19,21). The van der Waals surface area contributed by atoms with Gasteiger partial charge in [-0.1, -0.05) is 12.8 Å². The van der Waals surface area contributed by atoms with E-state index >= 15 is 0 Å². The van der Waals surface area contributed by atoms with Gasteiger partial charge >= 0.3 is 0 Å². The highest BCUT2D eigenvalue weighted by atomic mass is 16.2. The molecule has 1 aliphatic heterocycles. The molecule has 23 heavy (non-hydrogen) atoms. The maximum absolute atomic E-state index is 12.3. The Bertz CT molecular complexity index is 578. The molecule has 3 amide bonds. The molecule has 2 unspecified atom stereocenters. The van der Waals surface area contributed by atoms with E-state index in [0.29, 0.717) is 6.54 Å². The topological polar surface area (TPSA) is 79.4 Å². The van der Waals surface area contributed by atoms with Crippen LogP contribution in [0.4, 0.5) is 0 Å². The van der Waals surface area contributed by atoms with Gasteiger partial charge in [0.2, 0.25) is 17.7 Å². The molecule has 0 bridgehead atoms. The number of nitrogens with zero attached hydrogens (tertiary/aromatic N) is 2. The second kappa shape index (κ2) is 6.89. The van der Waals surface area contributed by atoms with Crippen molar-refractivity contribution < 1.29 is 14.4 Å². The zero-order valence-electron chi connectivity index (χ0n) is 13.0. The zero-order valence-corrected chi connectivity index (χ0v) is 13.0. The Morgan fingerprint density at radius 2 is 1.74 bits per heavy atom. The van der Waals surface area contributed by atoms with Crippen LogP contribution in [0.5, 0.6) is 0 Å². The molecular formula is C17H21N3O3. The number of nitrogens with one attached hydrogen (secondary N) is 1. The van der Waals surface area contributed by atoms with E-state index in [2.05, 4.69) is 10.3 Å². The van der Waals surface area contributed by atoms with E-state index in [4.69, 9.17) is 0 Å². The number of fused-ring (bicyclic) bond motifs is 1. The lowest BCUT2D eigenvalue weighted by Gasteiger charge is -2.19. The van der Waals surface area contributed by atoms with Crippen LogP contribution in [0.25, 0.3) is 0 Å². The number of carbonyl (C=O) groups excluding carboxylic acids is 3. The van der Waals surface area contributed by atoms with Gasteiger partial charge in [0.25, 0.3) is 0 Å². The second-order valence-corrected chi connectivity index (χ2v) is 6.21. The molecule has 1 saturated carbocycles. The Morgan fingerprint density at radius 1 is 1.13 bits per heavy atom. The molecule has 1 saturated heterocycles. The van der Waals surface area contributed by atoms with Crippen LogP contribution in [-0.2, 0) is 20.9 Å². The van der Waals surface area contributed by atoms with E-state index in [0.717, 1.165) is 31.2 Å². The number of aromatic nitrogens is 1. The minimum absolute atomic E-state index is 0.0818. The van der Waals surface area contributed by atoms with Crippen molar-refractivity contribution in [2.45, 2.75) is 38.6 Å². The quantitative estimate of drug-likeness (QED) is 0.830. The summed E-state index contributed by atoms with van der Waals surface area (Å²) in [5.41, 5.74) is 0.965. The number of hydrogen-bond donors (Lipinski definition) is 1. The molecule has 6 nitrogen and oxygen atoms in total. The fourth-order valence-corrected chi connectivity index (χ4v) is 3.45. The first-order valence-electron chi connectivity index (χ1n) is 8.17. The third-order valence-electron chi connectivity index (χ3n) is 4.73. The Kier molecular flexibility index (Phi) is 4.69. The predicted octanol–water partition coefficient (Wildman–Crippen LogP) is 1.26. The second-order valence-electron chi connectivity index (χ2n) is 6.21. The third-order valence-corrected chi connectivity index (χ3v) is 4.73. The van der Waals surface area contributed by atoms with Gasteiger partial charge in [-0.05, 0) is 30.5 Å². The van der Waals surface area contributed by atoms with Crippen LogP contribution in [0.2, 0.25) is 0 Å². The number of amides is 3. The maximum atomic E-state index is 12.3. The molecule has 0 aromatic carbocycles. The molecular weight excluding hydrogens is 294 g/mol. The molecule has 2 atom stereocenters. The Balaban J connectivity index is 1.49. The first kappa shape index (κ1) is 15.6. The molecule has 122 valence electrons. The van der Waals surface area contributed by atoms with Crippen molar-refractivity contribution in [2.75, 3.05) is 6.54 Å². The molecule has 2 aliphatic rings. The van der Waals surface area contributed by atoms with E-state index in [-0.39, 0.29) is 42.5 Å². The van der Waals surface area contributed by atoms with Crippen LogP contribution in [0.3, 0.4) is 0 Å². The van der Waals surface area contributed by atoms with E-state index in [1.54, 1.807) is 12.4 Å². The number of pyridine rings is 1. The molecule has 6 heteroatoms. The number of likely N-dealkylation sites (tertiary alicyclic amines) is 1. The minimum Gasteiger partial charge on any atom is -0.352 e. The van der Waals surface area contributed by atoms with Crippen LogP contribution in [-0.4, -0.2) is 34.2 Å². The number of hydrogen-bond acceptors (Lipinski definition) is 4. The normalized spacial score (nSPS) is 23.7. The summed E-state index contributed by atoms with van der Waals surface area (Å²) < 4.78 is 0. The summed E-state index contributed by atoms with van der Waals surface area (Å²) in [5.74, 6) is -0.604. The van der Waals surface area contributed by atoms with Crippen molar-refractivity contribution in [1.82, 2.24) is 15.2 Å². The van der Waals surface area contributed by atoms with Crippen molar-refractivity contribution >= 4 is 17.7 Å². The van der Waals surface area contributed by atoms with Gasteiger partial charge in [0, 0.05) is 31.9 Å². The summed E-state index contributed by atoms with van der Waals surface area (Å²) >= 11 is 0. The highest BCUT2D eigenvalue weighted by Gasteiger charge is 2.47. The molecule has 2 heterocycles. The third kappa shape index (κ3) is 3.41. The van der Waals surface area contributed by atoms with Crippen molar-refractivity contribution in [3.8, 4) is 0 Å². The van der Waals surface area contributed by atoms with Crippen LogP contribution < -0.4 is 5.32 Å². The number of imide groups is 1. The monoisotopic (exact) mass is 315 g/mol. The summed E-state index contributed by atoms with van der Waals surface area (Å²) in [6.45, 7) is 0.612. The lowest BCUT2D eigenvalue weighted by Crippen LogP contribution is -2.35. The lowest BCUT2D eigenvalue weighted by atomic mass is 9.81. The van der Waals surface area contributed by atoms with Gasteiger partial charge in [0.1, 0.15) is 0 Å². The smallest absolute Gasteiger partial charge is 0.233 e. The van der Waals surface area contributed by atoms with Crippen LogP contribution >= 0.6 is 0 Å². The minimum atomic E-state index is -0.155. The van der Waals surface area contributed by atoms with Crippen molar-refractivity contribution in [3.63, 3.8) is 0 Å². The summed E-state index contributed by atoms with van der Waals surface area (Å²) in [6.07, 6.45) is 7.14. The van der Waals surface area contributed by atoms with E-state index in [1.165, 1.54) is 4.90 Å². The first-order chi connectivity index (χ1) is 11.2. The number of rotatable bonds is 5. The summed E-state index contributed by atoms with van der Waals surface area (Å²) in [7, 11) is 0. The lowest BCUT2D eigenvalue weighted by molar-refractivity contribution is -0.140. The largest absolute Gasteiger partial charge is 0.352 e. The first-order valence-corrected chi connectivity index (χ1v) is 8.17. The SMILES string of the molecule is O=C(CCN1C(=O)C2CCCCC2C1=O)NCc1ccncc1. The summed E-state index contributed by atoms with van der Waals surface area (Å²) in [6, 6.07) is 3.66. The summed E-state index contributed by atoms with van der Waals surface area (Å²) in [4.78, 5) is 41.8. The number of carbonyl (C=O) groups is 3. The molecule has 1 aliphatic carbocycles. The average Bonchev–Trinajstić information content (AvgIpc) is 2.83. The molecule has 1 aromatic heterocycles. The predicted molar refractivity (Wildman–Crippen MR) is 82.9 cm³/mol. The van der Waals surface area contributed by atoms with E-state index in [1.807, 2.05) is 12.1 Å². The molecule has 1 N–H and O–H groups in total. The van der Waals surface area contributed by atoms with Gasteiger partial charge in [-0.2, -0.15) is 0 Å². The molecule has 2 fully saturated rings. The fraction of sp³-hybridized carbons (Fsp3) is 0.529. The Morgan fingerprint density at radius 3 is 2.35 bits per heavy atom. The average molecular weight is 315 g/mol. The van der Waals surface area contributed by atoms with Crippen LogP contribution in [0, 0.1) is 11.8 Å². The molecule has 1 aromatic rings. The Labute approximate surface area is 135 Å². The summed E-state index contributed by atoms with van der Waals surface area (Å²) in [5, 5.41) is 2.80. The highest BCUT2D eigenvalue weighted by molar-refractivity contribution is 6.05. The Hall–Kier alpha value is -2.24. The molecule has 3 rings (SSSR count). The highest BCUT2D eigenvalue weighted by Crippen LogP contribution is 2.37. The van der Waals surface area contributed by atoms with Crippen molar-refractivity contribution in [1.29, 1.82) is 0 Å². The van der Waals surface area contributed by atoms with Crippen LogP contribution in [0.1, 0.15) is 37.7 Å². The maximum Gasteiger partial charge on any atom is 0.233 e. The van der Waals surface area contributed by atoms with Gasteiger partial charge < -0.3 is 5.32 Å². The van der Waals surface area contributed by atoms with Gasteiger partial charge in [-0.25, -0.2) is 0 Å². The van der Waals surface area contributed by atoms with Crippen molar-refractivity contribution in [3.05, 3.63) is 30.1 Å². The van der Waals surface area contributed by atoms with Gasteiger partial charge in [0.15, 0.2) is 0 Å². The van der Waals surface area contributed by atoms with Gasteiger partial charge in [0.05, 0.1) is 11.8 Å². The van der Waals surface area contributed by atoms with E-state index in [9.17, 15) is 14.4 Å². The fourth-order valence-electron chi connectivity index (χ4n) is 3.45. The zero-order chi connectivity index (χ0) is 16.2. The van der Waals surface area contributed by atoms with Gasteiger partial charge in [-0.3, -0.25) is 24.3 Å². The van der Waals surface area contributed by atoms with Crippen LogP contribution in [0.15, 0.2) is 24.5 Å². The van der Waals surface area contributed by atoms with E-state index < -0.39 is 0 Å². The molecule has 0 radical (unpaired) electrons. The molecule has 0 spiro atoms.